The van der Waals surface area contributed by atoms with Crippen molar-refractivity contribution in [2.45, 2.75) is 49.2 Å². The molecular formula is C22H29BrClN3O2S2. The summed E-state index contributed by atoms with van der Waals surface area (Å²) >= 11 is 11.9. The molecule has 0 unspecified atom stereocenters. The van der Waals surface area contributed by atoms with Crippen molar-refractivity contribution in [1.82, 2.24) is 9.71 Å². The van der Waals surface area contributed by atoms with E-state index in [1.807, 2.05) is 43.8 Å². The number of nitrogens with one attached hydrogen (secondary N) is 1. The molecule has 0 amide bonds. The van der Waals surface area contributed by atoms with Crippen LogP contribution in [0.2, 0.25) is 5.02 Å². The van der Waals surface area contributed by atoms with E-state index >= 15 is 0 Å². The van der Waals surface area contributed by atoms with Gasteiger partial charge in [-0.05, 0) is 52.7 Å². The fraction of sp³-hybridized carbons (Fsp3) is 0.500. The fourth-order valence-corrected chi connectivity index (χ4v) is 6.33. The molecule has 1 fully saturated rings. The number of sulfonamides is 1. The molecule has 1 N–H and O–H groups in total. The lowest BCUT2D eigenvalue weighted by Crippen LogP contribution is -2.37. The van der Waals surface area contributed by atoms with Crippen molar-refractivity contribution in [3.8, 4) is 0 Å². The van der Waals surface area contributed by atoms with Gasteiger partial charge in [-0.2, -0.15) is 11.8 Å². The topological polar surface area (TPSA) is 62.3 Å². The Morgan fingerprint density at radius 3 is 2.65 bits per heavy atom. The summed E-state index contributed by atoms with van der Waals surface area (Å²) in [5.41, 5.74) is 1.24. The molecule has 0 spiro atoms. The van der Waals surface area contributed by atoms with Crippen molar-refractivity contribution in [2.24, 2.45) is 0 Å². The Morgan fingerprint density at radius 1 is 1.26 bits per heavy atom. The zero-order valence-corrected chi connectivity index (χ0v) is 22.3. The minimum atomic E-state index is -3.70. The average Bonchev–Trinajstić information content (AvgIpc) is 2.87. The molecule has 2 heterocycles. The fourth-order valence-electron chi connectivity index (χ4n) is 3.40. The summed E-state index contributed by atoms with van der Waals surface area (Å²) in [7, 11) is -3.70. The van der Waals surface area contributed by atoms with Gasteiger partial charge in [0.25, 0.3) is 0 Å². The zero-order valence-electron chi connectivity index (χ0n) is 18.3. The smallest absolute Gasteiger partial charge is 0.240 e. The predicted molar refractivity (Wildman–Crippen MR) is 135 cm³/mol. The van der Waals surface area contributed by atoms with Gasteiger partial charge >= 0.3 is 0 Å². The minimum Gasteiger partial charge on any atom is -0.369 e. The predicted octanol–water partition coefficient (Wildman–Crippen LogP) is 5.48. The first-order valence-electron chi connectivity index (χ1n) is 10.2. The number of benzene rings is 1. The average molecular weight is 547 g/mol. The van der Waals surface area contributed by atoms with E-state index in [4.69, 9.17) is 11.6 Å². The highest BCUT2D eigenvalue weighted by Crippen LogP contribution is 2.35. The molecule has 0 aliphatic carbocycles. The summed E-state index contributed by atoms with van der Waals surface area (Å²) < 4.78 is 29.7. The van der Waals surface area contributed by atoms with Crippen LogP contribution in [0.25, 0.3) is 0 Å². The van der Waals surface area contributed by atoms with Crippen LogP contribution < -0.4 is 9.62 Å². The van der Waals surface area contributed by atoms with Gasteiger partial charge in [-0.1, -0.05) is 39.3 Å². The number of nitrogens with zero attached hydrogens (tertiary/aromatic N) is 2. The van der Waals surface area contributed by atoms with Gasteiger partial charge in [0, 0.05) is 51.9 Å². The number of thioether (sulfide) groups is 1. The third-order valence-electron chi connectivity index (χ3n) is 5.53. The van der Waals surface area contributed by atoms with Crippen LogP contribution >= 0.6 is 39.3 Å². The maximum Gasteiger partial charge on any atom is 0.240 e. The molecule has 1 aromatic carbocycles. The van der Waals surface area contributed by atoms with E-state index in [-0.39, 0.29) is 16.2 Å². The summed E-state index contributed by atoms with van der Waals surface area (Å²) in [6.45, 7) is 10.5. The summed E-state index contributed by atoms with van der Waals surface area (Å²) in [4.78, 5) is 6.83. The number of halogens is 2. The first kappa shape index (κ1) is 24.8. The monoisotopic (exact) mass is 545 g/mol. The number of pyridine rings is 1. The normalized spacial score (nSPS) is 17.4. The number of hydrogen-bond acceptors (Lipinski definition) is 5. The van der Waals surface area contributed by atoms with Gasteiger partial charge in [0.1, 0.15) is 0 Å². The highest BCUT2D eigenvalue weighted by atomic mass is 79.9. The molecule has 0 atom stereocenters. The molecule has 5 nitrogen and oxygen atoms in total. The van der Waals surface area contributed by atoms with Crippen molar-refractivity contribution in [1.29, 1.82) is 0 Å². The van der Waals surface area contributed by atoms with Crippen LogP contribution in [0, 0.1) is 0 Å². The van der Waals surface area contributed by atoms with Crippen LogP contribution in [0.3, 0.4) is 0 Å². The lowest BCUT2D eigenvalue weighted by molar-refractivity contribution is 0.489. The molecule has 9 heteroatoms. The maximum absolute atomic E-state index is 12.9. The SMILES string of the molecule is CC1(C)CCN(c2ccc(S(=O)(=O)NCC(C)(C)c3ccc(Br)cn3)cc2Cl)CCS1. The Bertz CT molecular complexity index is 1030. The van der Waals surface area contributed by atoms with Gasteiger partial charge in [0.2, 0.25) is 10.0 Å². The Labute approximate surface area is 203 Å². The maximum atomic E-state index is 12.9. The molecule has 2 aromatic rings. The number of rotatable bonds is 6. The third kappa shape index (κ3) is 6.38. The number of aromatic nitrogens is 1. The van der Waals surface area contributed by atoms with E-state index in [0.717, 1.165) is 41.1 Å². The first-order chi connectivity index (χ1) is 14.4. The molecule has 1 saturated heterocycles. The van der Waals surface area contributed by atoms with Crippen LogP contribution in [-0.4, -0.2) is 43.5 Å². The van der Waals surface area contributed by atoms with Crippen LogP contribution in [0.4, 0.5) is 5.69 Å². The quantitative estimate of drug-likeness (QED) is 0.520. The summed E-state index contributed by atoms with van der Waals surface area (Å²) in [5.74, 6) is 1.02. The van der Waals surface area contributed by atoms with E-state index in [1.165, 1.54) is 0 Å². The first-order valence-corrected chi connectivity index (χ1v) is 13.8. The third-order valence-corrected chi connectivity index (χ3v) is 9.08. The van der Waals surface area contributed by atoms with Gasteiger partial charge in [-0.25, -0.2) is 13.1 Å². The molecule has 1 aromatic heterocycles. The Morgan fingerprint density at radius 2 is 2.00 bits per heavy atom. The van der Waals surface area contributed by atoms with Gasteiger partial charge in [0.15, 0.2) is 0 Å². The van der Waals surface area contributed by atoms with Crippen molar-refractivity contribution < 1.29 is 8.42 Å². The molecular weight excluding hydrogens is 518 g/mol. The largest absolute Gasteiger partial charge is 0.369 e. The van der Waals surface area contributed by atoms with Gasteiger partial charge in [0.05, 0.1) is 15.6 Å². The molecule has 0 radical (unpaired) electrons. The van der Waals surface area contributed by atoms with Crippen molar-refractivity contribution in [2.75, 3.05) is 30.3 Å². The van der Waals surface area contributed by atoms with Gasteiger partial charge < -0.3 is 4.90 Å². The van der Waals surface area contributed by atoms with Crippen LogP contribution in [0.1, 0.15) is 39.8 Å². The molecule has 0 saturated carbocycles. The molecule has 3 rings (SSSR count). The summed E-state index contributed by atoms with van der Waals surface area (Å²) in [6.07, 6.45) is 2.77. The van der Waals surface area contributed by atoms with Crippen molar-refractivity contribution in [3.63, 3.8) is 0 Å². The molecule has 0 bridgehead atoms. The van der Waals surface area contributed by atoms with E-state index in [9.17, 15) is 8.42 Å². The number of hydrogen-bond donors (Lipinski definition) is 1. The highest BCUT2D eigenvalue weighted by molar-refractivity contribution is 9.10. The van der Waals surface area contributed by atoms with Crippen LogP contribution in [0.15, 0.2) is 45.9 Å². The van der Waals surface area contributed by atoms with E-state index < -0.39 is 15.4 Å². The van der Waals surface area contributed by atoms with Crippen molar-refractivity contribution in [3.05, 3.63) is 51.7 Å². The van der Waals surface area contributed by atoms with Crippen molar-refractivity contribution >= 4 is 55.0 Å². The Kier molecular flexibility index (Phi) is 7.69. The minimum absolute atomic E-state index is 0.172. The summed E-state index contributed by atoms with van der Waals surface area (Å²) in [5, 5.41) is 0.460. The second kappa shape index (κ2) is 9.59. The standard InChI is InChI=1S/C22H29BrClN3O2S2/c1-21(2,20-8-5-16(23)14-25-20)15-26-31(28,29)17-6-7-19(18(24)13-17)27-10-9-22(3,4)30-12-11-27/h5-8,13-14,26H,9-12,15H2,1-4H3. The second-order valence-corrected chi connectivity index (χ2v) is 13.9. The Hall–Kier alpha value is -0.800. The molecule has 1 aliphatic heterocycles. The van der Waals surface area contributed by atoms with Crippen LogP contribution in [0.5, 0.6) is 0 Å². The van der Waals surface area contributed by atoms with E-state index in [0.29, 0.717) is 5.02 Å². The van der Waals surface area contributed by atoms with Gasteiger partial charge in [-0.3, -0.25) is 4.98 Å². The van der Waals surface area contributed by atoms with E-state index in [2.05, 4.69) is 44.4 Å². The number of anilines is 1. The lowest BCUT2D eigenvalue weighted by Gasteiger charge is -2.26. The zero-order chi connectivity index (χ0) is 22.9. The molecule has 170 valence electrons. The Balaban J connectivity index is 1.73. The molecule has 1 aliphatic rings. The lowest BCUT2D eigenvalue weighted by atomic mass is 9.89. The highest BCUT2D eigenvalue weighted by Gasteiger charge is 2.27. The van der Waals surface area contributed by atoms with E-state index in [1.54, 1.807) is 18.3 Å². The second-order valence-electron chi connectivity index (χ2n) is 9.03. The van der Waals surface area contributed by atoms with Crippen LogP contribution in [-0.2, 0) is 15.4 Å². The summed E-state index contributed by atoms with van der Waals surface area (Å²) in [6, 6.07) is 8.80. The molecule has 31 heavy (non-hydrogen) atoms. The van der Waals surface area contributed by atoms with Gasteiger partial charge in [-0.15, -0.1) is 0 Å².